The number of methoxy groups -OCH3 is 1. The molecule has 0 unspecified atom stereocenters. The van der Waals surface area contributed by atoms with Gasteiger partial charge in [0, 0.05) is 19.8 Å². The van der Waals surface area contributed by atoms with Crippen LogP contribution in [0.5, 0.6) is 0 Å². The number of aryl methyl sites for hydroxylation is 1. The van der Waals surface area contributed by atoms with E-state index in [0.29, 0.717) is 21.1 Å². The van der Waals surface area contributed by atoms with Crippen molar-refractivity contribution in [2.75, 3.05) is 31.8 Å². The van der Waals surface area contributed by atoms with Crippen molar-refractivity contribution < 1.29 is 18.7 Å². The molecule has 0 saturated heterocycles. The molecule has 27 heavy (non-hydrogen) atoms. The Morgan fingerprint density at radius 2 is 1.89 bits per heavy atom. The summed E-state index contributed by atoms with van der Waals surface area (Å²) in [6.07, 6.45) is 0. The zero-order valence-corrected chi connectivity index (χ0v) is 17.2. The Bertz CT molecular complexity index is 909. The summed E-state index contributed by atoms with van der Waals surface area (Å²) >= 11 is 6.40. The smallest absolute Gasteiger partial charge is 0.341 e. The van der Waals surface area contributed by atoms with Gasteiger partial charge >= 0.3 is 5.97 Å². The lowest BCUT2D eigenvalue weighted by Gasteiger charge is -2.12. The number of rotatable bonds is 4. The number of benzene rings is 1. The molecule has 1 aromatic heterocycles. The molecule has 0 radical (unpaired) electrons. The third-order valence-corrected chi connectivity index (χ3v) is 5.21. The maximum atomic E-state index is 13.5. The second kappa shape index (κ2) is 8.45. The number of carbonyl (C=O) groups excluding carboxylic acids is 2. The molecule has 2 N–H and O–H groups in total. The topological polar surface area (TPSA) is 70.7 Å². The molecule has 0 saturated carbocycles. The van der Waals surface area contributed by atoms with Gasteiger partial charge in [-0.05, 0) is 49.3 Å². The van der Waals surface area contributed by atoms with Gasteiger partial charge in [-0.3, -0.25) is 4.79 Å². The number of carbonyl (C=O) groups is 2. The van der Waals surface area contributed by atoms with Crippen molar-refractivity contribution in [1.82, 2.24) is 4.90 Å². The fraction of sp³-hybridized carbons (Fsp3) is 0.278. The largest absolute Gasteiger partial charge is 0.465 e. The summed E-state index contributed by atoms with van der Waals surface area (Å²) in [4.78, 5) is 26.4. The van der Waals surface area contributed by atoms with Crippen LogP contribution in [-0.2, 0) is 4.74 Å². The zero-order valence-electron chi connectivity index (χ0n) is 15.6. The maximum Gasteiger partial charge on any atom is 0.341 e. The zero-order chi connectivity index (χ0) is 20.3. The number of hydrogen-bond donors (Lipinski definition) is 2. The van der Waals surface area contributed by atoms with Gasteiger partial charge in [0.15, 0.2) is 5.11 Å². The average molecular weight is 410 g/mol. The van der Waals surface area contributed by atoms with Crippen LogP contribution in [0.25, 0.3) is 0 Å². The summed E-state index contributed by atoms with van der Waals surface area (Å²) < 4.78 is 18.3. The molecule has 1 amide bonds. The molecule has 0 bridgehead atoms. The van der Waals surface area contributed by atoms with Gasteiger partial charge < -0.3 is 20.3 Å². The number of thiophene rings is 1. The van der Waals surface area contributed by atoms with Crippen molar-refractivity contribution in [2.24, 2.45) is 0 Å². The molecule has 0 aliphatic heterocycles. The first-order valence-corrected chi connectivity index (χ1v) is 9.15. The molecule has 0 aliphatic carbocycles. The lowest BCUT2D eigenvalue weighted by molar-refractivity contribution is 0.0601. The van der Waals surface area contributed by atoms with Crippen molar-refractivity contribution in [2.45, 2.75) is 13.8 Å². The van der Waals surface area contributed by atoms with Gasteiger partial charge in [-0.15, -0.1) is 11.3 Å². The molecule has 0 aliphatic rings. The third kappa shape index (κ3) is 4.61. The molecule has 9 heteroatoms. The molecule has 0 fully saturated rings. The summed E-state index contributed by atoms with van der Waals surface area (Å²) in [5, 5.41) is 6.38. The van der Waals surface area contributed by atoms with Gasteiger partial charge in [-0.25, -0.2) is 9.18 Å². The van der Waals surface area contributed by atoms with E-state index < -0.39 is 11.8 Å². The number of esters is 1. The third-order valence-electron chi connectivity index (χ3n) is 3.81. The standard InChI is InChI=1S/C18H20FN3O3S2/c1-9-6-7-11(19)8-12(9)20-18(26)21-15-13(17(24)25-5)10(2)14(27-15)16(23)22(3)4/h6-8H,1-5H3,(H2,20,21,26). The molecule has 144 valence electrons. The van der Waals surface area contributed by atoms with Crippen molar-refractivity contribution in [3.8, 4) is 0 Å². The minimum absolute atomic E-state index is 0.166. The lowest BCUT2D eigenvalue weighted by Crippen LogP contribution is -2.21. The summed E-state index contributed by atoms with van der Waals surface area (Å²) in [5.41, 5.74) is 2.06. The Morgan fingerprint density at radius 1 is 1.22 bits per heavy atom. The molecule has 6 nitrogen and oxygen atoms in total. The van der Waals surface area contributed by atoms with E-state index in [0.717, 1.165) is 16.9 Å². The van der Waals surface area contributed by atoms with E-state index in [4.69, 9.17) is 17.0 Å². The SMILES string of the molecule is COC(=O)c1c(NC(=S)Nc2cc(F)ccc2C)sc(C(=O)N(C)C)c1C. The van der Waals surface area contributed by atoms with Gasteiger partial charge in [0.1, 0.15) is 10.8 Å². The predicted molar refractivity (Wildman–Crippen MR) is 109 cm³/mol. The summed E-state index contributed by atoms with van der Waals surface area (Å²) in [7, 11) is 4.53. The number of nitrogens with one attached hydrogen (secondary N) is 2. The Morgan fingerprint density at radius 3 is 2.48 bits per heavy atom. The number of nitrogens with zero attached hydrogens (tertiary/aromatic N) is 1. The van der Waals surface area contributed by atoms with E-state index >= 15 is 0 Å². The summed E-state index contributed by atoms with van der Waals surface area (Å²) in [6, 6.07) is 4.31. The Hall–Kier alpha value is -2.52. The Kier molecular flexibility index (Phi) is 6.50. The van der Waals surface area contributed by atoms with Gasteiger partial charge in [0.05, 0.1) is 17.6 Å². The number of ether oxygens (including phenoxy) is 1. The Balaban J connectivity index is 2.35. The van der Waals surface area contributed by atoms with Crippen LogP contribution in [0.15, 0.2) is 18.2 Å². The molecular weight excluding hydrogens is 389 g/mol. The monoisotopic (exact) mass is 409 g/mol. The average Bonchev–Trinajstić information content (AvgIpc) is 2.92. The fourth-order valence-electron chi connectivity index (χ4n) is 2.34. The van der Waals surface area contributed by atoms with Crippen LogP contribution in [0.4, 0.5) is 15.1 Å². The molecule has 2 aromatic rings. The first kappa shape index (κ1) is 20.8. The molecule has 0 atom stereocenters. The maximum absolute atomic E-state index is 13.5. The highest BCUT2D eigenvalue weighted by atomic mass is 32.1. The van der Waals surface area contributed by atoms with Crippen molar-refractivity contribution in [3.63, 3.8) is 0 Å². The van der Waals surface area contributed by atoms with Gasteiger partial charge in [-0.2, -0.15) is 0 Å². The highest BCUT2D eigenvalue weighted by Crippen LogP contribution is 2.34. The lowest BCUT2D eigenvalue weighted by atomic mass is 10.1. The van der Waals surface area contributed by atoms with Crippen LogP contribution < -0.4 is 10.6 Å². The van der Waals surface area contributed by atoms with Gasteiger partial charge in [0.25, 0.3) is 5.91 Å². The minimum atomic E-state index is -0.575. The number of thiocarbonyl (C=S) groups is 1. The van der Waals surface area contributed by atoms with Gasteiger partial charge in [0.2, 0.25) is 0 Å². The van der Waals surface area contributed by atoms with Crippen LogP contribution in [0.2, 0.25) is 0 Å². The van der Waals surface area contributed by atoms with E-state index in [1.165, 1.54) is 24.1 Å². The number of amides is 1. The van der Waals surface area contributed by atoms with E-state index in [-0.39, 0.29) is 16.6 Å². The van der Waals surface area contributed by atoms with E-state index in [9.17, 15) is 14.0 Å². The highest BCUT2D eigenvalue weighted by Gasteiger charge is 2.26. The number of hydrogen-bond acceptors (Lipinski definition) is 5. The predicted octanol–water partition coefficient (Wildman–Crippen LogP) is 3.80. The molecular formula is C18H20FN3O3S2. The highest BCUT2D eigenvalue weighted by molar-refractivity contribution is 7.80. The minimum Gasteiger partial charge on any atom is -0.465 e. The summed E-state index contributed by atoms with van der Waals surface area (Å²) in [5.74, 6) is -1.20. The normalized spacial score (nSPS) is 10.3. The first-order chi connectivity index (χ1) is 12.6. The Labute approximate surface area is 166 Å². The number of anilines is 2. The van der Waals surface area contributed by atoms with E-state index in [2.05, 4.69) is 10.6 Å². The van der Waals surface area contributed by atoms with Crippen molar-refractivity contribution >= 4 is 51.2 Å². The molecule has 1 heterocycles. The van der Waals surface area contributed by atoms with Crippen molar-refractivity contribution in [3.05, 3.63) is 45.6 Å². The van der Waals surface area contributed by atoms with E-state index in [1.807, 2.05) is 6.92 Å². The number of halogens is 1. The fourth-order valence-corrected chi connectivity index (χ4v) is 3.84. The van der Waals surface area contributed by atoms with Crippen molar-refractivity contribution in [1.29, 1.82) is 0 Å². The van der Waals surface area contributed by atoms with Crippen LogP contribution in [-0.4, -0.2) is 43.1 Å². The molecule has 1 aromatic carbocycles. The molecule has 2 rings (SSSR count). The molecule has 0 spiro atoms. The van der Waals surface area contributed by atoms with Crippen LogP contribution in [0, 0.1) is 19.7 Å². The van der Waals surface area contributed by atoms with Crippen LogP contribution >= 0.6 is 23.6 Å². The second-order valence-electron chi connectivity index (χ2n) is 5.99. The second-order valence-corrected chi connectivity index (χ2v) is 7.42. The summed E-state index contributed by atoms with van der Waals surface area (Å²) in [6.45, 7) is 3.49. The first-order valence-electron chi connectivity index (χ1n) is 7.93. The van der Waals surface area contributed by atoms with Crippen LogP contribution in [0.1, 0.15) is 31.2 Å². The van der Waals surface area contributed by atoms with E-state index in [1.54, 1.807) is 27.1 Å². The van der Waals surface area contributed by atoms with Crippen LogP contribution in [0.3, 0.4) is 0 Å². The van der Waals surface area contributed by atoms with Gasteiger partial charge in [-0.1, -0.05) is 6.07 Å². The quantitative estimate of drug-likeness (QED) is 0.591.